The third-order valence-corrected chi connectivity index (χ3v) is 7.45. The molecule has 0 aromatic heterocycles. The zero-order chi connectivity index (χ0) is 25.7. The van der Waals surface area contributed by atoms with Crippen molar-refractivity contribution in [3.8, 4) is 33.4 Å². The summed E-state index contributed by atoms with van der Waals surface area (Å²) in [7, 11) is 0. The highest BCUT2D eigenvalue weighted by Gasteiger charge is 2.15. The predicted octanol–water partition coefficient (Wildman–Crippen LogP) is 10.9. The minimum Gasteiger partial charge on any atom is -0.310 e. The molecule has 0 unspecified atom stereocenters. The normalized spacial score (nSPS) is 10.8. The molecule has 0 amide bonds. The monoisotopic (exact) mass is 551 g/mol. The molecule has 0 spiro atoms. The Morgan fingerprint density at radius 1 is 0.342 bits per heavy atom. The maximum atomic E-state index is 3.78. The quantitative estimate of drug-likeness (QED) is 0.199. The zero-order valence-corrected chi connectivity index (χ0v) is 22.4. The van der Waals surface area contributed by atoms with Crippen molar-refractivity contribution in [3.05, 3.63) is 162 Å². The topological polar surface area (TPSA) is 3.24 Å². The van der Waals surface area contributed by atoms with Gasteiger partial charge in [0, 0.05) is 21.5 Å². The number of benzene rings is 6. The molecule has 0 bridgehead atoms. The average molecular weight is 553 g/mol. The van der Waals surface area contributed by atoms with E-state index >= 15 is 0 Å². The summed E-state index contributed by atoms with van der Waals surface area (Å²) in [5.41, 5.74) is 10.5. The van der Waals surface area contributed by atoms with Crippen LogP contribution in [0.25, 0.3) is 33.4 Å². The number of halogens is 1. The maximum absolute atomic E-state index is 3.78. The van der Waals surface area contributed by atoms with Crippen LogP contribution < -0.4 is 4.90 Å². The highest BCUT2D eigenvalue weighted by Crippen LogP contribution is 2.40. The molecular formula is C36H26BrN. The standard InChI is InChI=1S/C36H26BrN/c37-36-25-24-34(26-35(36)31-14-8-3-9-15-31)38(32-20-16-29(17-21-32)27-10-4-1-5-11-27)33-22-18-30(19-23-33)28-12-6-2-7-13-28/h1-26H. The van der Waals surface area contributed by atoms with E-state index in [4.69, 9.17) is 0 Å². The molecule has 0 saturated carbocycles. The molecule has 1 nitrogen and oxygen atoms in total. The lowest BCUT2D eigenvalue weighted by Crippen LogP contribution is -2.10. The van der Waals surface area contributed by atoms with Gasteiger partial charge in [-0.1, -0.05) is 131 Å². The van der Waals surface area contributed by atoms with E-state index in [9.17, 15) is 0 Å². The number of hydrogen-bond donors (Lipinski definition) is 0. The predicted molar refractivity (Wildman–Crippen MR) is 165 cm³/mol. The first-order valence-corrected chi connectivity index (χ1v) is 13.5. The minimum atomic E-state index is 1.08. The van der Waals surface area contributed by atoms with E-state index in [1.54, 1.807) is 0 Å². The van der Waals surface area contributed by atoms with Gasteiger partial charge in [0.1, 0.15) is 0 Å². The smallest absolute Gasteiger partial charge is 0.0468 e. The summed E-state index contributed by atoms with van der Waals surface area (Å²) in [5, 5.41) is 0. The molecule has 0 atom stereocenters. The third kappa shape index (κ3) is 5.04. The highest BCUT2D eigenvalue weighted by atomic mass is 79.9. The van der Waals surface area contributed by atoms with E-state index < -0.39 is 0 Å². The van der Waals surface area contributed by atoms with Crippen molar-refractivity contribution in [2.24, 2.45) is 0 Å². The Labute approximate surface area is 232 Å². The highest BCUT2D eigenvalue weighted by molar-refractivity contribution is 9.10. The maximum Gasteiger partial charge on any atom is 0.0468 e. The van der Waals surface area contributed by atoms with Gasteiger partial charge in [-0.2, -0.15) is 0 Å². The fourth-order valence-corrected chi connectivity index (χ4v) is 5.28. The lowest BCUT2D eigenvalue weighted by molar-refractivity contribution is 1.28. The summed E-state index contributed by atoms with van der Waals surface area (Å²) in [5.74, 6) is 0. The molecular weight excluding hydrogens is 526 g/mol. The van der Waals surface area contributed by atoms with Crippen LogP contribution in [0.1, 0.15) is 0 Å². The fraction of sp³-hybridized carbons (Fsp3) is 0. The van der Waals surface area contributed by atoms with Crippen molar-refractivity contribution in [2.75, 3.05) is 4.90 Å². The molecule has 0 fully saturated rings. The first kappa shape index (κ1) is 24.0. The molecule has 0 radical (unpaired) electrons. The van der Waals surface area contributed by atoms with Crippen LogP contribution in [0.3, 0.4) is 0 Å². The molecule has 0 aliphatic rings. The van der Waals surface area contributed by atoms with Gasteiger partial charge in [0.05, 0.1) is 0 Å². The SMILES string of the molecule is Brc1ccc(N(c2ccc(-c3ccccc3)cc2)c2ccc(-c3ccccc3)cc2)cc1-c1ccccc1. The number of nitrogens with zero attached hydrogens (tertiary/aromatic N) is 1. The van der Waals surface area contributed by atoms with E-state index in [1.807, 2.05) is 0 Å². The van der Waals surface area contributed by atoms with Crippen molar-refractivity contribution < 1.29 is 0 Å². The molecule has 2 heteroatoms. The average Bonchev–Trinajstić information content (AvgIpc) is 3.00. The number of rotatable bonds is 6. The van der Waals surface area contributed by atoms with Crippen molar-refractivity contribution in [1.29, 1.82) is 0 Å². The van der Waals surface area contributed by atoms with Crippen LogP contribution in [0.5, 0.6) is 0 Å². The van der Waals surface area contributed by atoms with E-state index in [2.05, 4.69) is 179 Å². The zero-order valence-electron chi connectivity index (χ0n) is 20.8. The summed E-state index contributed by atoms with van der Waals surface area (Å²) in [6.45, 7) is 0. The minimum absolute atomic E-state index is 1.08. The van der Waals surface area contributed by atoms with Crippen LogP contribution in [0.2, 0.25) is 0 Å². The second-order valence-corrected chi connectivity index (χ2v) is 10.0. The van der Waals surface area contributed by atoms with Gasteiger partial charge < -0.3 is 4.90 Å². The Kier molecular flexibility index (Phi) is 6.89. The van der Waals surface area contributed by atoms with Gasteiger partial charge in [0.2, 0.25) is 0 Å². The van der Waals surface area contributed by atoms with Gasteiger partial charge in [0.15, 0.2) is 0 Å². The molecule has 0 aliphatic heterocycles. The molecule has 6 rings (SSSR count). The Hall–Kier alpha value is -4.40. The largest absolute Gasteiger partial charge is 0.310 e. The van der Waals surface area contributed by atoms with Crippen LogP contribution in [-0.4, -0.2) is 0 Å². The number of hydrogen-bond acceptors (Lipinski definition) is 1. The molecule has 0 aliphatic carbocycles. The van der Waals surface area contributed by atoms with Crippen LogP contribution in [0, 0.1) is 0 Å². The van der Waals surface area contributed by atoms with Crippen LogP contribution >= 0.6 is 15.9 Å². The van der Waals surface area contributed by atoms with E-state index in [1.165, 1.54) is 27.8 Å². The van der Waals surface area contributed by atoms with Gasteiger partial charge in [-0.25, -0.2) is 0 Å². The van der Waals surface area contributed by atoms with Crippen LogP contribution in [0.15, 0.2) is 162 Å². The van der Waals surface area contributed by atoms with Gasteiger partial charge in [-0.15, -0.1) is 0 Å². The van der Waals surface area contributed by atoms with Gasteiger partial charge >= 0.3 is 0 Å². The number of anilines is 3. The second kappa shape index (κ2) is 10.9. The van der Waals surface area contributed by atoms with E-state index in [0.29, 0.717) is 0 Å². The summed E-state index contributed by atoms with van der Waals surface area (Å²) in [6.07, 6.45) is 0. The Morgan fingerprint density at radius 2 is 0.711 bits per heavy atom. The Balaban J connectivity index is 1.44. The molecule has 182 valence electrons. The van der Waals surface area contributed by atoms with Gasteiger partial charge in [-0.3, -0.25) is 0 Å². The summed E-state index contributed by atoms with van der Waals surface area (Å²) in [4.78, 5) is 2.32. The molecule has 0 N–H and O–H groups in total. The summed E-state index contributed by atoms with van der Waals surface area (Å²) in [6, 6.07) is 55.7. The van der Waals surface area contributed by atoms with Crippen LogP contribution in [-0.2, 0) is 0 Å². The molecule has 6 aromatic rings. The Bertz CT molecular complexity index is 1540. The lowest BCUT2D eigenvalue weighted by atomic mass is 10.0. The van der Waals surface area contributed by atoms with Crippen LogP contribution in [0.4, 0.5) is 17.1 Å². The Morgan fingerprint density at radius 3 is 1.16 bits per heavy atom. The van der Waals surface area contributed by atoms with Gasteiger partial charge in [0.25, 0.3) is 0 Å². The van der Waals surface area contributed by atoms with Gasteiger partial charge in [-0.05, 0) is 75.8 Å². The van der Waals surface area contributed by atoms with Crippen molar-refractivity contribution >= 4 is 33.0 Å². The summed E-state index contributed by atoms with van der Waals surface area (Å²) < 4.78 is 1.08. The first-order chi connectivity index (χ1) is 18.8. The third-order valence-electron chi connectivity index (χ3n) is 6.76. The molecule has 0 saturated heterocycles. The van der Waals surface area contributed by atoms with Crippen molar-refractivity contribution in [3.63, 3.8) is 0 Å². The van der Waals surface area contributed by atoms with E-state index in [0.717, 1.165) is 27.1 Å². The van der Waals surface area contributed by atoms with Crippen molar-refractivity contribution in [2.45, 2.75) is 0 Å². The second-order valence-electron chi connectivity index (χ2n) is 9.19. The van der Waals surface area contributed by atoms with E-state index in [-0.39, 0.29) is 0 Å². The molecule has 6 aromatic carbocycles. The molecule has 0 heterocycles. The van der Waals surface area contributed by atoms with Crippen molar-refractivity contribution in [1.82, 2.24) is 0 Å². The fourth-order valence-electron chi connectivity index (χ4n) is 4.81. The lowest BCUT2D eigenvalue weighted by Gasteiger charge is -2.27. The molecule has 38 heavy (non-hydrogen) atoms. The first-order valence-electron chi connectivity index (χ1n) is 12.7. The summed E-state index contributed by atoms with van der Waals surface area (Å²) >= 11 is 3.78.